The Morgan fingerprint density at radius 3 is 2.57 bits per heavy atom. The predicted molar refractivity (Wildman–Crippen MR) is 49.7 cm³/mol. The van der Waals surface area contributed by atoms with E-state index in [1.807, 2.05) is 0 Å². The molecular formula is C8H16N2O4. The lowest BCUT2D eigenvalue weighted by atomic mass is 10.3. The average Bonchev–Trinajstić information content (AvgIpc) is 2.15. The predicted octanol–water partition coefficient (Wildman–Crippen LogP) is -0.376. The molecule has 0 saturated heterocycles. The number of ether oxygens (including phenoxy) is 2. The number of hydrogen-bond acceptors (Lipinski definition) is 4. The Morgan fingerprint density at radius 2 is 2.00 bits per heavy atom. The van der Waals surface area contributed by atoms with Gasteiger partial charge in [-0.05, 0) is 6.42 Å². The van der Waals surface area contributed by atoms with Crippen LogP contribution in [-0.2, 0) is 14.3 Å². The van der Waals surface area contributed by atoms with Crippen LogP contribution in [0.4, 0.5) is 4.79 Å². The van der Waals surface area contributed by atoms with Gasteiger partial charge in [-0.2, -0.15) is 0 Å². The van der Waals surface area contributed by atoms with Crippen LogP contribution in [0.3, 0.4) is 0 Å². The van der Waals surface area contributed by atoms with Gasteiger partial charge in [0.15, 0.2) is 0 Å². The van der Waals surface area contributed by atoms with E-state index in [4.69, 9.17) is 10.5 Å². The molecule has 6 nitrogen and oxygen atoms in total. The second kappa shape index (κ2) is 8.31. The zero-order valence-electron chi connectivity index (χ0n) is 8.25. The molecule has 0 aliphatic rings. The van der Waals surface area contributed by atoms with Gasteiger partial charge in [0.2, 0.25) is 5.91 Å². The molecule has 0 aliphatic heterocycles. The van der Waals surface area contributed by atoms with E-state index in [9.17, 15) is 9.59 Å². The molecule has 0 aromatic rings. The molecule has 3 N–H and O–H groups in total. The first-order valence-electron chi connectivity index (χ1n) is 4.37. The van der Waals surface area contributed by atoms with Crippen LogP contribution in [0.15, 0.2) is 0 Å². The van der Waals surface area contributed by atoms with Gasteiger partial charge in [-0.1, -0.05) is 0 Å². The summed E-state index contributed by atoms with van der Waals surface area (Å²) < 4.78 is 9.49. The van der Waals surface area contributed by atoms with E-state index in [0.29, 0.717) is 26.1 Å². The van der Waals surface area contributed by atoms with Crippen molar-refractivity contribution < 1.29 is 19.1 Å². The van der Waals surface area contributed by atoms with Gasteiger partial charge in [-0.15, -0.1) is 0 Å². The third-order valence-corrected chi connectivity index (χ3v) is 1.44. The Labute approximate surface area is 82.7 Å². The van der Waals surface area contributed by atoms with E-state index in [1.54, 1.807) is 7.05 Å². The molecule has 0 bridgehead atoms. The van der Waals surface area contributed by atoms with Crippen molar-refractivity contribution >= 4 is 12.0 Å². The van der Waals surface area contributed by atoms with Gasteiger partial charge >= 0.3 is 6.09 Å². The van der Waals surface area contributed by atoms with Crippen LogP contribution in [-0.4, -0.2) is 38.9 Å². The molecule has 0 heterocycles. The number of carbonyl (C=O) groups is 2. The summed E-state index contributed by atoms with van der Waals surface area (Å²) in [6.45, 7) is 0.918. The summed E-state index contributed by atoms with van der Waals surface area (Å²) in [5.41, 5.74) is 4.72. The Bertz CT molecular complexity index is 184. The quantitative estimate of drug-likeness (QED) is 0.553. The number of nitrogens with one attached hydrogen (secondary N) is 1. The lowest BCUT2D eigenvalue weighted by Crippen LogP contribution is -2.18. The van der Waals surface area contributed by atoms with Crippen LogP contribution in [0.1, 0.15) is 12.8 Å². The number of carbonyl (C=O) groups excluding carboxylic acids is 2. The van der Waals surface area contributed by atoms with Crippen LogP contribution < -0.4 is 11.1 Å². The molecule has 0 atom stereocenters. The van der Waals surface area contributed by atoms with Crippen molar-refractivity contribution in [3.8, 4) is 0 Å². The number of amides is 2. The van der Waals surface area contributed by atoms with Gasteiger partial charge < -0.3 is 20.5 Å². The molecular weight excluding hydrogens is 188 g/mol. The van der Waals surface area contributed by atoms with Crippen molar-refractivity contribution in [3.05, 3.63) is 0 Å². The van der Waals surface area contributed by atoms with E-state index < -0.39 is 6.09 Å². The number of nitrogens with two attached hydrogens (primary N) is 1. The number of hydrogen-bond donors (Lipinski definition) is 2. The fraction of sp³-hybridized carbons (Fsp3) is 0.750. The fourth-order valence-electron chi connectivity index (χ4n) is 0.763. The third kappa shape index (κ3) is 8.79. The lowest BCUT2D eigenvalue weighted by molar-refractivity contribution is -0.120. The van der Waals surface area contributed by atoms with E-state index in [2.05, 4.69) is 10.1 Å². The Hall–Kier alpha value is -1.30. The van der Waals surface area contributed by atoms with Crippen molar-refractivity contribution in [2.75, 3.05) is 26.9 Å². The standard InChI is InChI=1S/C8H16N2O4/c1-10-7(11)3-2-4-13-5-6-14-8(9)12/h2-6H2,1H3,(H2,9,12)(H,10,11). The maximum Gasteiger partial charge on any atom is 0.404 e. The molecule has 82 valence electrons. The van der Waals surface area contributed by atoms with E-state index in [1.165, 1.54) is 0 Å². The molecule has 0 fully saturated rings. The maximum absolute atomic E-state index is 10.7. The highest BCUT2D eigenvalue weighted by Gasteiger charge is 1.97. The highest BCUT2D eigenvalue weighted by atomic mass is 16.6. The number of rotatable bonds is 7. The zero-order valence-corrected chi connectivity index (χ0v) is 8.25. The smallest absolute Gasteiger partial charge is 0.404 e. The van der Waals surface area contributed by atoms with Gasteiger partial charge in [-0.3, -0.25) is 4.79 Å². The van der Waals surface area contributed by atoms with Gasteiger partial charge in [0.05, 0.1) is 6.61 Å². The molecule has 0 rings (SSSR count). The highest BCUT2D eigenvalue weighted by Crippen LogP contribution is 1.89. The maximum atomic E-state index is 10.7. The van der Waals surface area contributed by atoms with Crippen LogP contribution in [0, 0.1) is 0 Å². The summed E-state index contributed by atoms with van der Waals surface area (Å²) in [5, 5.41) is 2.50. The van der Waals surface area contributed by atoms with Crippen LogP contribution in [0.2, 0.25) is 0 Å². The first kappa shape index (κ1) is 12.7. The SMILES string of the molecule is CNC(=O)CCCOCCOC(N)=O. The summed E-state index contributed by atoms with van der Waals surface area (Å²) in [6, 6.07) is 0. The molecule has 0 saturated carbocycles. The second-order valence-electron chi connectivity index (χ2n) is 2.56. The summed E-state index contributed by atoms with van der Waals surface area (Å²) in [4.78, 5) is 20.8. The summed E-state index contributed by atoms with van der Waals surface area (Å²) in [5.74, 6) is -0.0121. The van der Waals surface area contributed by atoms with Gasteiger partial charge in [-0.25, -0.2) is 4.79 Å². The van der Waals surface area contributed by atoms with E-state index in [0.717, 1.165) is 0 Å². The molecule has 2 amide bonds. The van der Waals surface area contributed by atoms with Crippen molar-refractivity contribution in [3.63, 3.8) is 0 Å². The molecule has 0 aromatic carbocycles. The molecule has 0 aliphatic carbocycles. The summed E-state index contributed by atoms with van der Waals surface area (Å²) >= 11 is 0. The first-order valence-corrected chi connectivity index (χ1v) is 4.37. The Morgan fingerprint density at radius 1 is 1.29 bits per heavy atom. The largest absolute Gasteiger partial charge is 0.447 e. The molecule has 14 heavy (non-hydrogen) atoms. The van der Waals surface area contributed by atoms with Crippen LogP contribution >= 0.6 is 0 Å². The molecule has 0 spiro atoms. The van der Waals surface area contributed by atoms with E-state index in [-0.39, 0.29) is 12.5 Å². The van der Waals surface area contributed by atoms with Crippen molar-refractivity contribution in [1.29, 1.82) is 0 Å². The minimum absolute atomic E-state index is 0.0121. The Balaban J connectivity index is 3.06. The Kier molecular flexibility index (Phi) is 7.53. The molecule has 6 heteroatoms. The lowest BCUT2D eigenvalue weighted by Gasteiger charge is -2.03. The topological polar surface area (TPSA) is 90.7 Å². The summed E-state index contributed by atoms with van der Waals surface area (Å²) in [7, 11) is 1.59. The fourth-order valence-corrected chi connectivity index (χ4v) is 0.763. The average molecular weight is 204 g/mol. The van der Waals surface area contributed by atoms with Crippen molar-refractivity contribution in [1.82, 2.24) is 5.32 Å². The minimum Gasteiger partial charge on any atom is -0.447 e. The van der Waals surface area contributed by atoms with E-state index >= 15 is 0 Å². The minimum atomic E-state index is -0.807. The summed E-state index contributed by atoms with van der Waals surface area (Å²) in [6.07, 6.45) is 0.280. The monoisotopic (exact) mass is 204 g/mol. The molecule has 0 radical (unpaired) electrons. The zero-order chi connectivity index (χ0) is 10.8. The van der Waals surface area contributed by atoms with Crippen molar-refractivity contribution in [2.24, 2.45) is 5.73 Å². The third-order valence-electron chi connectivity index (χ3n) is 1.44. The molecule has 0 aromatic heterocycles. The van der Waals surface area contributed by atoms with Gasteiger partial charge in [0.1, 0.15) is 6.61 Å². The number of primary amides is 1. The highest BCUT2D eigenvalue weighted by molar-refractivity contribution is 5.75. The van der Waals surface area contributed by atoms with Crippen molar-refractivity contribution in [2.45, 2.75) is 12.8 Å². The van der Waals surface area contributed by atoms with Gasteiger partial charge in [0.25, 0.3) is 0 Å². The first-order chi connectivity index (χ1) is 6.66. The van der Waals surface area contributed by atoms with Crippen LogP contribution in [0.25, 0.3) is 0 Å². The molecule has 0 unspecified atom stereocenters. The normalized spacial score (nSPS) is 9.50. The van der Waals surface area contributed by atoms with Gasteiger partial charge in [0, 0.05) is 20.1 Å². The second-order valence-corrected chi connectivity index (χ2v) is 2.56. The van der Waals surface area contributed by atoms with Crippen LogP contribution in [0.5, 0.6) is 0 Å².